The molecule has 0 unspecified atom stereocenters. The summed E-state index contributed by atoms with van der Waals surface area (Å²) in [6.45, 7) is 3.73. The van der Waals surface area contributed by atoms with E-state index in [2.05, 4.69) is 26.3 Å². The summed E-state index contributed by atoms with van der Waals surface area (Å²) in [5.74, 6) is -0.130. The molecule has 7 heteroatoms. The highest BCUT2D eigenvalue weighted by Crippen LogP contribution is 2.22. The largest absolute Gasteiger partial charge is 0.378 e. The highest BCUT2D eigenvalue weighted by molar-refractivity contribution is 7.18. The Labute approximate surface area is 162 Å². The summed E-state index contributed by atoms with van der Waals surface area (Å²) in [6, 6.07) is 12.0. The predicted molar refractivity (Wildman–Crippen MR) is 108 cm³/mol. The Balaban J connectivity index is 1.29. The van der Waals surface area contributed by atoms with Crippen molar-refractivity contribution in [3.8, 4) is 0 Å². The standard InChI is InChI=1S/C20H22N4O2S/c25-20(17-14-15(7-9-21-17)24-10-12-26-13-11-24)22-8-3-6-19-23-16-4-1-2-5-18(16)27-19/h1-2,4-5,7,9,14H,3,6,8,10-13H2,(H,22,25). The van der Waals surface area contributed by atoms with Gasteiger partial charge in [-0.2, -0.15) is 0 Å². The Bertz CT molecular complexity index is 888. The van der Waals surface area contributed by atoms with Gasteiger partial charge in [-0.25, -0.2) is 4.98 Å². The first-order valence-corrected chi connectivity index (χ1v) is 10.0. The minimum atomic E-state index is -0.130. The van der Waals surface area contributed by atoms with E-state index >= 15 is 0 Å². The summed E-state index contributed by atoms with van der Waals surface area (Å²) in [7, 11) is 0. The number of para-hydroxylation sites is 1. The van der Waals surface area contributed by atoms with Crippen molar-refractivity contribution in [2.45, 2.75) is 12.8 Å². The first-order valence-electron chi connectivity index (χ1n) is 9.21. The average Bonchev–Trinajstić information content (AvgIpc) is 3.15. The van der Waals surface area contributed by atoms with Crippen LogP contribution in [0.3, 0.4) is 0 Å². The molecule has 3 aromatic rings. The lowest BCUT2D eigenvalue weighted by Gasteiger charge is -2.28. The lowest BCUT2D eigenvalue weighted by Crippen LogP contribution is -2.36. The third-order valence-electron chi connectivity index (χ3n) is 4.54. The Morgan fingerprint density at radius 2 is 2.07 bits per heavy atom. The van der Waals surface area contributed by atoms with Gasteiger partial charge in [-0.1, -0.05) is 12.1 Å². The van der Waals surface area contributed by atoms with Gasteiger partial charge < -0.3 is 15.0 Å². The molecule has 0 spiro atoms. The molecule has 2 aromatic heterocycles. The molecule has 1 amide bonds. The number of aromatic nitrogens is 2. The number of pyridine rings is 1. The molecule has 0 saturated carbocycles. The number of benzene rings is 1. The van der Waals surface area contributed by atoms with Crippen LogP contribution in [0.25, 0.3) is 10.2 Å². The van der Waals surface area contributed by atoms with Gasteiger partial charge in [0.05, 0.1) is 28.4 Å². The van der Waals surface area contributed by atoms with Crippen LogP contribution >= 0.6 is 11.3 Å². The van der Waals surface area contributed by atoms with Gasteiger partial charge in [0, 0.05) is 37.9 Å². The highest BCUT2D eigenvalue weighted by atomic mass is 32.1. The minimum Gasteiger partial charge on any atom is -0.378 e. The summed E-state index contributed by atoms with van der Waals surface area (Å²) in [5.41, 5.74) is 2.53. The number of nitrogens with one attached hydrogen (secondary N) is 1. The van der Waals surface area contributed by atoms with E-state index in [0.29, 0.717) is 12.2 Å². The lowest BCUT2D eigenvalue weighted by atomic mass is 10.2. The molecular weight excluding hydrogens is 360 g/mol. The van der Waals surface area contributed by atoms with Crippen molar-refractivity contribution in [1.82, 2.24) is 15.3 Å². The molecule has 1 saturated heterocycles. The zero-order valence-corrected chi connectivity index (χ0v) is 15.9. The summed E-state index contributed by atoms with van der Waals surface area (Å²) in [4.78, 5) is 23.5. The Morgan fingerprint density at radius 3 is 2.93 bits per heavy atom. The fraction of sp³-hybridized carbons (Fsp3) is 0.350. The van der Waals surface area contributed by atoms with E-state index in [-0.39, 0.29) is 5.91 Å². The molecular formula is C20H22N4O2S. The molecule has 1 fully saturated rings. The van der Waals surface area contributed by atoms with Crippen LogP contribution in [0, 0.1) is 0 Å². The maximum absolute atomic E-state index is 12.4. The molecule has 0 atom stereocenters. The lowest BCUT2D eigenvalue weighted by molar-refractivity contribution is 0.0948. The van der Waals surface area contributed by atoms with Crippen molar-refractivity contribution in [2.75, 3.05) is 37.7 Å². The molecule has 1 aliphatic heterocycles. The number of nitrogens with zero attached hydrogens (tertiary/aromatic N) is 3. The molecule has 0 radical (unpaired) electrons. The number of ether oxygens (including phenoxy) is 1. The van der Waals surface area contributed by atoms with Crippen molar-refractivity contribution in [2.24, 2.45) is 0 Å². The zero-order chi connectivity index (χ0) is 18.5. The first kappa shape index (κ1) is 17.9. The topological polar surface area (TPSA) is 67.4 Å². The SMILES string of the molecule is O=C(NCCCc1nc2ccccc2s1)c1cc(N2CCOCC2)ccn1. The summed E-state index contributed by atoms with van der Waals surface area (Å²) >= 11 is 1.72. The molecule has 140 valence electrons. The third kappa shape index (κ3) is 4.43. The van der Waals surface area contributed by atoms with E-state index in [0.717, 1.165) is 55.4 Å². The molecule has 4 rings (SSSR count). The van der Waals surface area contributed by atoms with Gasteiger partial charge in [0.25, 0.3) is 5.91 Å². The Hall–Kier alpha value is -2.51. The van der Waals surface area contributed by atoms with E-state index in [4.69, 9.17) is 4.74 Å². The predicted octanol–water partition coefficient (Wildman–Crippen LogP) is 2.89. The van der Waals surface area contributed by atoms with E-state index in [1.54, 1.807) is 17.5 Å². The van der Waals surface area contributed by atoms with Crippen LogP contribution < -0.4 is 10.2 Å². The number of hydrogen-bond donors (Lipinski definition) is 1. The normalized spacial score (nSPS) is 14.4. The van der Waals surface area contributed by atoms with Crippen molar-refractivity contribution in [1.29, 1.82) is 0 Å². The van der Waals surface area contributed by atoms with Crippen LogP contribution in [0.5, 0.6) is 0 Å². The van der Waals surface area contributed by atoms with E-state index in [1.165, 1.54) is 4.70 Å². The first-order chi connectivity index (χ1) is 13.3. The van der Waals surface area contributed by atoms with Gasteiger partial charge in [0.1, 0.15) is 5.69 Å². The molecule has 27 heavy (non-hydrogen) atoms. The van der Waals surface area contributed by atoms with Gasteiger partial charge in [-0.3, -0.25) is 9.78 Å². The molecule has 3 heterocycles. The summed E-state index contributed by atoms with van der Waals surface area (Å²) in [6.07, 6.45) is 3.41. The van der Waals surface area contributed by atoms with Crippen LogP contribution in [0.15, 0.2) is 42.6 Å². The second-order valence-corrected chi connectivity index (χ2v) is 7.55. The van der Waals surface area contributed by atoms with Crippen molar-refractivity contribution >= 4 is 33.1 Å². The summed E-state index contributed by atoms with van der Waals surface area (Å²) in [5, 5.41) is 4.07. The van der Waals surface area contributed by atoms with E-state index in [9.17, 15) is 4.79 Å². The second-order valence-electron chi connectivity index (χ2n) is 6.43. The number of carbonyl (C=O) groups is 1. The maximum atomic E-state index is 12.4. The van der Waals surface area contributed by atoms with Crippen LogP contribution in [0.4, 0.5) is 5.69 Å². The number of hydrogen-bond acceptors (Lipinski definition) is 6. The monoisotopic (exact) mass is 382 g/mol. The van der Waals surface area contributed by atoms with Gasteiger partial charge in [0.15, 0.2) is 0 Å². The van der Waals surface area contributed by atoms with Crippen molar-refractivity contribution < 1.29 is 9.53 Å². The number of aryl methyl sites for hydroxylation is 1. The number of amides is 1. The highest BCUT2D eigenvalue weighted by Gasteiger charge is 2.14. The number of morpholine rings is 1. The number of carbonyl (C=O) groups excluding carboxylic acids is 1. The van der Waals surface area contributed by atoms with Gasteiger partial charge in [-0.15, -0.1) is 11.3 Å². The van der Waals surface area contributed by atoms with Crippen LogP contribution in [-0.4, -0.2) is 48.7 Å². The number of thiazole rings is 1. The van der Waals surface area contributed by atoms with Gasteiger partial charge in [-0.05, 0) is 30.7 Å². The number of anilines is 1. The number of rotatable bonds is 6. The number of fused-ring (bicyclic) bond motifs is 1. The summed E-state index contributed by atoms with van der Waals surface area (Å²) < 4.78 is 6.59. The minimum absolute atomic E-state index is 0.130. The van der Waals surface area contributed by atoms with Crippen molar-refractivity contribution in [3.05, 3.63) is 53.3 Å². The zero-order valence-electron chi connectivity index (χ0n) is 15.1. The van der Waals surface area contributed by atoms with Crippen LogP contribution in [0.1, 0.15) is 21.9 Å². The molecule has 6 nitrogen and oxygen atoms in total. The third-order valence-corrected chi connectivity index (χ3v) is 5.64. The van der Waals surface area contributed by atoms with Crippen molar-refractivity contribution in [3.63, 3.8) is 0 Å². The molecule has 1 N–H and O–H groups in total. The molecule has 1 aromatic carbocycles. The van der Waals surface area contributed by atoms with Crippen LogP contribution in [-0.2, 0) is 11.2 Å². The van der Waals surface area contributed by atoms with Gasteiger partial charge in [0.2, 0.25) is 0 Å². The van der Waals surface area contributed by atoms with Crippen LogP contribution in [0.2, 0.25) is 0 Å². The second kappa shape index (κ2) is 8.45. The van der Waals surface area contributed by atoms with E-state index in [1.807, 2.05) is 30.3 Å². The molecule has 0 bridgehead atoms. The van der Waals surface area contributed by atoms with E-state index < -0.39 is 0 Å². The molecule has 0 aliphatic carbocycles. The van der Waals surface area contributed by atoms with Gasteiger partial charge >= 0.3 is 0 Å². The Kier molecular flexibility index (Phi) is 5.60. The average molecular weight is 382 g/mol. The fourth-order valence-electron chi connectivity index (χ4n) is 3.12. The molecule has 1 aliphatic rings. The Morgan fingerprint density at radius 1 is 1.22 bits per heavy atom. The fourth-order valence-corrected chi connectivity index (χ4v) is 4.13. The quantitative estimate of drug-likeness (QED) is 0.664. The maximum Gasteiger partial charge on any atom is 0.269 e. The smallest absolute Gasteiger partial charge is 0.269 e.